The SMILES string of the molecule is c1ccc(-c2c3ccccc3c(-n3c4ccccc4c4ccc(-c5ccc6c7ccccc7n(-c7ccccc7)c6c5)cc43)c3ccccc23)cc1. The Morgan fingerprint density at radius 3 is 1.21 bits per heavy atom. The number of aromatic nitrogens is 2. The average molecular weight is 661 g/mol. The lowest BCUT2D eigenvalue weighted by Gasteiger charge is -2.19. The number of nitrogens with zero attached hydrogens (tertiary/aromatic N) is 2. The molecule has 2 heteroatoms. The molecule has 0 N–H and O–H groups in total. The van der Waals surface area contributed by atoms with E-state index in [4.69, 9.17) is 0 Å². The van der Waals surface area contributed by atoms with Gasteiger partial charge >= 0.3 is 0 Å². The van der Waals surface area contributed by atoms with Crippen LogP contribution in [0.5, 0.6) is 0 Å². The van der Waals surface area contributed by atoms with Crippen LogP contribution in [0, 0.1) is 0 Å². The lowest BCUT2D eigenvalue weighted by molar-refractivity contribution is 1.18. The number of rotatable bonds is 4. The normalized spacial score (nSPS) is 11.8. The smallest absolute Gasteiger partial charge is 0.0619 e. The molecule has 0 amide bonds. The van der Waals surface area contributed by atoms with Crippen LogP contribution in [-0.2, 0) is 0 Å². The minimum atomic E-state index is 1.17. The van der Waals surface area contributed by atoms with E-state index in [0.717, 1.165) is 0 Å². The molecule has 0 aliphatic rings. The lowest BCUT2D eigenvalue weighted by atomic mass is 9.90. The molecule has 0 spiro atoms. The largest absolute Gasteiger partial charge is 0.309 e. The zero-order valence-corrected chi connectivity index (χ0v) is 28.4. The molecule has 2 nitrogen and oxygen atoms in total. The molecule has 11 aromatic rings. The van der Waals surface area contributed by atoms with Crippen molar-refractivity contribution in [1.29, 1.82) is 0 Å². The zero-order valence-electron chi connectivity index (χ0n) is 28.4. The van der Waals surface area contributed by atoms with Crippen molar-refractivity contribution in [2.45, 2.75) is 0 Å². The van der Waals surface area contributed by atoms with Gasteiger partial charge in [-0.05, 0) is 69.4 Å². The van der Waals surface area contributed by atoms with E-state index in [2.05, 4.69) is 203 Å². The van der Waals surface area contributed by atoms with Gasteiger partial charge in [0.25, 0.3) is 0 Å². The van der Waals surface area contributed by atoms with Gasteiger partial charge in [-0.2, -0.15) is 0 Å². The van der Waals surface area contributed by atoms with Crippen LogP contribution in [0.2, 0.25) is 0 Å². The van der Waals surface area contributed by atoms with Gasteiger partial charge in [0.2, 0.25) is 0 Å². The summed E-state index contributed by atoms with van der Waals surface area (Å²) in [5.74, 6) is 0. The van der Waals surface area contributed by atoms with Crippen molar-refractivity contribution in [2.75, 3.05) is 0 Å². The first kappa shape index (κ1) is 28.9. The predicted octanol–water partition coefficient (Wildman–Crippen LogP) is 13.5. The Bertz CT molecular complexity index is 3110. The van der Waals surface area contributed by atoms with Gasteiger partial charge in [-0.15, -0.1) is 0 Å². The summed E-state index contributed by atoms with van der Waals surface area (Å²) >= 11 is 0. The van der Waals surface area contributed by atoms with E-state index in [0.29, 0.717) is 0 Å². The minimum absolute atomic E-state index is 1.17. The first-order chi connectivity index (χ1) is 25.8. The lowest BCUT2D eigenvalue weighted by Crippen LogP contribution is -1.99. The minimum Gasteiger partial charge on any atom is -0.309 e. The van der Waals surface area contributed by atoms with Crippen LogP contribution >= 0.6 is 0 Å². The molecule has 2 heterocycles. The van der Waals surface area contributed by atoms with Crippen LogP contribution in [0.3, 0.4) is 0 Å². The Hall–Kier alpha value is -6.90. The Morgan fingerprint density at radius 1 is 0.250 bits per heavy atom. The predicted molar refractivity (Wildman–Crippen MR) is 221 cm³/mol. The van der Waals surface area contributed by atoms with Crippen LogP contribution in [0.4, 0.5) is 0 Å². The third-order valence-electron chi connectivity index (χ3n) is 10.9. The third kappa shape index (κ3) is 4.19. The summed E-state index contributed by atoms with van der Waals surface area (Å²) in [6, 6.07) is 71.0. The molecular formula is C50H32N2. The maximum absolute atomic E-state index is 2.52. The molecule has 0 aliphatic heterocycles. The molecule has 0 atom stereocenters. The summed E-state index contributed by atoms with van der Waals surface area (Å²) in [6.07, 6.45) is 0. The van der Waals surface area contributed by atoms with E-state index in [1.807, 2.05) is 0 Å². The van der Waals surface area contributed by atoms with E-state index < -0.39 is 0 Å². The van der Waals surface area contributed by atoms with E-state index in [-0.39, 0.29) is 0 Å². The van der Waals surface area contributed by atoms with Crippen LogP contribution in [0.1, 0.15) is 0 Å². The van der Waals surface area contributed by atoms with Gasteiger partial charge in [0.05, 0.1) is 27.8 Å². The summed E-state index contributed by atoms with van der Waals surface area (Å²) in [6.45, 7) is 0. The summed E-state index contributed by atoms with van der Waals surface area (Å²) < 4.78 is 4.92. The molecule has 0 saturated carbocycles. The maximum atomic E-state index is 2.52. The van der Waals surface area contributed by atoms with Crippen molar-refractivity contribution < 1.29 is 0 Å². The summed E-state index contributed by atoms with van der Waals surface area (Å²) in [7, 11) is 0. The summed E-state index contributed by atoms with van der Waals surface area (Å²) in [5, 5.41) is 10.0. The van der Waals surface area contributed by atoms with Crippen LogP contribution in [-0.4, -0.2) is 9.13 Å². The van der Waals surface area contributed by atoms with Gasteiger partial charge in [-0.25, -0.2) is 0 Å². The molecule has 0 saturated heterocycles. The summed E-state index contributed by atoms with van der Waals surface area (Å²) in [5.41, 5.74) is 12.1. The quantitative estimate of drug-likeness (QED) is 0.166. The molecule has 0 radical (unpaired) electrons. The molecule has 9 aromatic carbocycles. The van der Waals surface area contributed by atoms with Crippen LogP contribution in [0.15, 0.2) is 194 Å². The highest BCUT2D eigenvalue weighted by Gasteiger charge is 2.21. The fourth-order valence-electron chi connectivity index (χ4n) is 8.66. The van der Waals surface area contributed by atoms with Crippen molar-refractivity contribution in [3.05, 3.63) is 194 Å². The molecular weight excluding hydrogens is 629 g/mol. The Labute approximate surface area is 301 Å². The molecule has 0 unspecified atom stereocenters. The van der Waals surface area contributed by atoms with Crippen molar-refractivity contribution in [3.63, 3.8) is 0 Å². The van der Waals surface area contributed by atoms with Gasteiger partial charge < -0.3 is 9.13 Å². The summed E-state index contributed by atoms with van der Waals surface area (Å²) in [4.78, 5) is 0. The molecule has 11 rings (SSSR count). The standard InChI is InChI=1S/C50H32N2/c1-3-15-33(16-4-1)49-41-21-7-9-23-43(41)50(44-24-10-8-22-42(44)49)52-46-26-14-12-20-38(46)40-30-28-35(32-48(40)52)34-27-29-39-37-19-11-13-25-45(37)51(47(39)31-34)36-17-5-2-6-18-36/h1-32H. The van der Waals surface area contributed by atoms with Crippen molar-refractivity contribution >= 4 is 65.2 Å². The second kappa shape index (κ2) is 11.3. The highest BCUT2D eigenvalue weighted by atomic mass is 15.0. The fraction of sp³-hybridized carbons (Fsp3) is 0. The topological polar surface area (TPSA) is 9.86 Å². The van der Waals surface area contributed by atoms with Crippen molar-refractivity contribution in [3.8, 4) is 33.6 Å². The highest BCUT2D eigenvalue weighted by Crippen LogP contribution is 2.44. The van der Waals surface area contributed by atoms with Crippen LogP contribution in [0.25, 0.3) is 98.8 Å². The number of benzene rings is 9. The van der Waals surface area contributed by atoms with E-state index in [1.165, 1.54) is 98.8 Å². The molecule has 0 aliphatic carbocycles. The number of fused-ring (bicyclic) bond motifs is 8. The zero-order chi connectivity index (χ0) is 34.2. The number of hydrogen-bond acceptors (Lipinski definition) is 0. The molecule has 0 fully saturated rings. The van der Waals surface area contributed by atoms with Crippen molar-refractivity contribution in [2.24, 2.45) is 0 Å². The van der Waals surface area contributed by atoms with E-state index >= 15 is 0 Å². The molecule has 2 aromatic heterocycles. The molecule has 242 valence electrons. The monoisotopic (exact) mass is 660 g/mol. The fourth-order valence-corrected chi connectivity index (χ4v) is 8.66. The van der Waals surface area contributed by atoms with Gasteiger partial charge in [-0.3, -0.25) is 0 Å². The second-order valence-corrected chi connectivity index (χ2v) is 13.7. The molecule has 52 heavy (non-hydrogen) atoms. The van der Waals surface area contributed by atoms with E-state index in [1.54, 1.807) is 0 Å². The first-order valence-corrected chi connectivity index (χ1v) is 17.9. The van der Waals surface area contributed by atoms with Gasteiger partial charge in [-0.1, -0.05) is 158 Å². The van der Waals surface area contributed by atoms with Gasteiger partial charge in [0, 0.05) is 38.0 Å². The second-order valence-electron chi connectivity index (χ2n) is 13.7. The number of hydrogen-bond donors (Lipinski definition) is 0. The first-order valence-electron chi connectivity index (χ1n) is 17.9. The Balaban J connectivity index is 1.22. The maximum Gasteiger partial charge on any atom is 0.0619 e. The average Bonchev–Trinajstić information content (AvgIpc) is 3.72. The third-order valence-corrected chi connectivity index (χ3v) is 10.9. The Morgan fingerprint density at radius 2 is 0.654 bits per heavy atom. The highest BCUT2D eigenvalue weighted by molar-refractivity contribution is 6.21. The van der Waals surface area contributed by atoms with Crippen LogP contribution < -0.4 is 0 Å². The Kier molecular flexibility index (Phi) is 6.28. The molecule has 0 bridgehead atoms. The van der Waals surface area contributed by atoms with E-state index in [9.17, 15) is 0 Å². The van der Waals surface area contributed by atoms with Gasteiger partial charge in [0.1, 0.15) is 0 Å². The van der Waals surface area contributed by atoms with Crippen molar-refractivity contribution in [1.82, 2.24) is 9.13 Å². The number of para-hydroxylation sites is 3. The van der Waals surface area contributed by atoms with Gasteiger partial charge in [0.15, 0.2) is 0 Å².